The molecule has 0 bridgehead atoms. The fourth-order valence-electron chi connectivity index (χ4n) is 3.02. The predicted molar refractivity (Wildman–Crippen MR) is 117 cm³/mol. The van der Waals surface area contributed by atoms with Crippen LogP contribution in [0.15, 0.2) is 78.9 Å². The second-order valence-corrected chi connectivity index (χ2v) is 7.57. The Labute approximate surface area is 172 Å². The molecule has 0 aliphatic carbocycles. The van der Waals surface area contributed by atoms with Gasteiger partial charge in [-0.15, -0.1) is 11.3 Å². The van der Waals surface area contributed by atoms with Crippen molar-refractivity contribution < 1.29 is 14.6 Å². The van der Waals surface area contributed by atoms with E-state index in [2.05, 4.69) is 4.98 Å². The number of rotatable bonds is 7. The van der Waals surface area contributed by atoms with Crippen LogP contribution in [0.2, 0.25) is 0 Å². The second kappa shape index (κ2) is 8.71. The van der Waals surface area contributed by atoms with E-state index in [1.807, 2.05) is 84.9 Å². The molecule has 0 saturated heterocycles. The first kappa shape index (κ1) is 18.9. The van der Waals surface area contributed by atoms with Crippen LogP contribution in [0.3, 0.4) is 0 Å². The third-order valence-corrected chi connectivity index (χ3v) is 5.51. The van der Waals surface area contributed by atoms with Crippen LogP contribution in [-0.2, 0) is 11.4 Å². The number of nitrogens with zero attached hydrogens (tertiary/aromatic N) is 1. The Bertz CT molecular complexity index is 1130. The van der Waals surface area contributed by atoms with Crippen LogP contribution in [0.1, 0.15) is 22.6 Å². The number of hydrogen-bond acceptors (Lipinski definition) is 4. The zero-order valence-corrected chi connectivity index (χ0v) is 16.4. The van der Waals surface area contributed by atoms with Crippen molar-refractivity contribution in [1.29, 1.82) is 0 Å². The van der Waals surface area contributed by atoms with Crippen LogP contribution in [0.4, 0.5) is 0 Å². The summed E-state index contributed by atoms with van der Waals surface area (Å²) >= 11 is 1.50. The predicted octanol–water partition coefficient (Wildman–Crippen LogP) is 5.89. The lowest BCUT2D eigenvalue weighted by atomic mass is 10.1. The van der Waals surface area contributed by atoms with Gasteiger partial charge in [-0.2, -0.15) is 0 Å². The summed E-state index contributed by atoms with van der Waals surface area (Å²) in [4.78, 5) is 16.1. The molecule has 1 aromatic heterocycles. The summed E-state index contributed by atoms with van der Waals surface area (Å²) in [5, 5.41) is 10.1. The zero-order chi connectivity index (χ0) is 20.1. The van der Waals surface area contributed by atoms with Gasteiger partial charge in [-0.05, 0) is 35.4 Å². The first-order valence-electron chi connectivity index (χ1n) is 9.23. The van der Waals surface area contributed by atoms with Gasteiger partial charge in [0.15, 0.2) is 0 Å². The van der Waals surface area contributed by atoms with Crippen LogP contribution >= 0.6 is 11.3 Å². The standard InChI is InChI=1S/C24H19NO3S/c26-23(27)15-19(24-25-20-11-5-7-13-22(20)29-24)14-18-10-4-6-12-21(18)28-16-17-8-2-1-3-9-17/h1-14H,15-16H2,(H,26,27)/b19-14+. The Morgan fingerprint density at radius 2 is 1.69 bits per heavy atom. The zero-order valence-electron chi connectivity index (χ0n) is 15.6. The maximum absolute atomic E-state index is 11.5. The molecule has 4 nitrogen and oxygen atoms in total. The third-order valence-electron chi connectivity index (χ3n) is 4.40. The van der Waals surface area contributed by atoms with Crippen LogP contribution in [0.25, 0.3) is 21.9 Å². The average molecular weight is 401 g/mol. The smallest absolute Gasteiger partial charge is 0.307 e. The first-order chi connectivity index (χ1) is 14.2. The molecule has 0 aliphatic rings. The summed E-state index contributed by atoms with van der Waals surface area (Å²) in [6.45, 7) is 0.446. The molecular weight excluding hydrogens is 382 g/mol. The van der Waals surface area contributed by atoms with Gasteiger partial charge in [0.25, 0.3) is 0 Å². The molecule has 0 spiro atoms. The van der Waals surface area contributed by atoms with E-state index >= 15 is 0 Å². The fraction of sp³-hybridized carbons (Fsp3) is 0.0833. The van der Waals surface area contributed by atoms with Gasteiger partial charge in [0.2, 0.25) is 0 Å². The van der Waals surface area contributed by atoms with E-state index in [4.69, 9.17) is 4.74 Å². The molecule has 0 saturated carbocycles. The summed E-state index contributed by atoms with van der Waals surface area (Å²) in [7, 11) is 0. The lowest BCUT2D eigenvalue weighted by molar-refractivity contribution is -0.135. The first-order valence-corrected chi connectivity index (χ1v) is 10.0. The Morgan fingerprint density at radius 3 is 2.48 bits per heavy atom. The fourth-order valence-corrected chi connectivity index (χ4v) is 3.99. The Kier molecular flexibility index (Phi) is 5.68. The molecule has 29 heavy (non-hydrogen) atoms. The highest BCUT2D eigenvalue weighted by atomic mass is 32.1. The minimum atomic E-state index is -0.891. The molecule has 144 valence electrons. The minimum absolute atomic E-state index is 0.104. The Hall–Kier alpha value is -3.44. The number of carboxylic acids is 1. The van der Waals surface area contributed by atoms with E-state index in [0.29, 0.717) is 22.9 Å². The van der Waals surface area contributed by atoms with Crippen LogP contribution < -0.4 is 4.74 Å². The summed E-state index contributed by atoms with van der Waals surface area (Å²) in [5.41, 5.74) is 3.44. The van der Waals surface area contributed by atoms with Crippen molar-refractivity contribution in [2.24, 2.45) is 0 Å². The van der Waals surface area contributed by atoms with E-state index < -0.39 is 5.97 Å². The third kappa shape index (κ3) is 4.70. The molecule has 0 aliphatic heterocycles. The number of carboxylic acid groups (broad SMARTS) is 1. The van der Waals surface area contributed by atoms with Crippen molar-refractivity contribution in [2.45, 2.75) is 13.0 Å². The highest BCUT2D eigenvalue weighted by Crippen LogP contribution is 2.32. The van der Waals surface area contributed by atoms with Gasteiger partial charge < -0.3 is 9.84 Å². The average Bonchev–Trinajstić information content (AvgIpc) is 3.17. The number of ether oxygens (including phenoxy) is 1. The van der Waals surface area contributed by atoms with Crippen LogP contribution in [0.5, 0.6) is 5.75 Å². The monoisotopic (exact) mass is 401 g/mol. The van der Waals surface area contributed by atoms with Gasteiger partial charge in [0.1, 0.15) is 17.4 Å². The topological polar surface area (TPSA) is 59.4 Å². The molecular formula is C24H19NO3S. The quantitative estimate of drug-likeness (QED) is 0.419. The Balaban J connectivity index is 1.68. The number of para-hydroxylation sites is 2. The largest absolute Gasteiger partial charge is 0.488 e. The lowest BCUT2D eigenvalue weighted by Gasteiger charge is -2.10. The van der Waals surface area contributed by atoms with Crippen molar-refractivity contribution in [3.05, 3.63) is 95.0 Å². The van der Waals surface area contributed by atoms with Gasteiger partial charge >= 0.3 is 5.97 Å². The van der Waals surface area contributed by atoms with E-state index in [0.717, 1.165) is 21.3 Å². The van der Waals surface area contributed by atoms with E-state index in [1.54, 1.807) is 0 Å². The normalized spacial score (nSPS) is 11.5. The molecule has 0 fully saturated rings. The molecule has 0 amide bonds. The second-order valence-electron chi connectivity index (χ2n) is 6.54. The van der Waals surface area contributed by atoms with Gasteiger partial charge in [-0.25, -0.2) is 4.98 Å². The number of carbonyl (C=O) groups is 1. The number of thiazole rings is 1. The maximum Gasteiger partial charge on any atom is 0.307 e. The lowest BCUT2D eigenvalue weighted by Crippen LogP contribution is -1.99. The number of hydrogen-bond donors (Lipinski definition) is 1. The maximum atomic E-state index is 11.5. The van der Waals surface area contributed by atoms with Gasteiger partial charge in [0, 0.05) is 5.56 Å². The molecule has 0 atom stereocenters. The van der Waals surface area contributed by atoms with E-state index in [1.165, 1.54) is 11.3 Å². The number of benzene rings is 3. The highest BCUT2D eigenvalue weighted by Gasteiger charge is 2.14. The number of aliphatic carboxylic acids is 1. The van der Waals surface area contributed by atoms with Gasteiger partial charge in [-0.3, -0.25) is 4.79 Å². The van der Waals surface area contributed by atoms with Crippen molar-refractivity contribution in [3.8, 4) is 5.75 Å². The molecule has 3 aromatic carbocycles. The molecule has 0 radical (unpaired) electrons. The number of fused-ring (bicyclic) bond motifs is 1. The van der Waals surface area contributed by atoms with Gasteiger partial charge in [0.05, 0.1) is 16.6 Å². The number of aromatic nitrogens is 1. The SMILES string of the molecule is O=C(O)C/C(=C\c1ccccc1OCc1ccccc1)c1nc2ccccc2s1. The van der Waals surface area contributed by atoms with Crippen molar-refractivity contribution in [1.82, 2.24) is 4.98 Å². The van der Waals surface area contributed by atoms with E-state index in [9.17, 15) is 9.90 Å². The van der Waals surface area contributed by atoms with E-state index in [-0.39, 0.29) is 6.42 Å². The van der Waals surface area contributed by atoms with Crippen molar-refractivity contribution in [3.63, 3.8) is 0 Å². The van der Waals surface area contributed by atoms with Crippen molar-refractivity contribution >= 4 is 39.2 Å². The summed E-state index contributed by atoms with van der Waals surface area (Å²) in [6.07, 6.45) is 1.76. The van der Waals surface area contributed by atoms with Gasteiger partial charge in [-0.1, -0.05) is 60.7 Å². The van der Waals surface area contributed by atoms with Crippen LogP contribution in [-0.4, -0.2) is 16.1 Å². The molecule has 0 unspecified atom stereocenters. The molecule has 4 rings (SSSR count). The molecule has 1 heterocycles. The van der Waals surface area contributed by atoms with Crippen LogP contribution in [0, 0.1) is 0 Å². The van der Waals surface area contributed by atoms with Crippen molar-refractivity contribution in [2.75, 3.05) is 0 Å². The molecule has 4 aromatic rings. The summed E-state index contributed by atoms with van der Waals surface area (Å²) in [5.74, 6) is -0.182. The molecule has 1 N–H and O–H groups in total. The minimum Gasteiger partial charge on any atom is -0.488 e. The highest BCUT2D eigenvalue weighted by molar-refractivity contribution is 7.19. The summed E-state index contributed by atoms with van der Waals surface area (Å²) < 4.78 is 7.05. The molecule has 5 heteroatoms. The Morgan fingerprint density at radius 1 is 0.966 bits per heavy atom. The summed E-state index contributed by atoms with van der Waals surface area (Å²) in [6, 6.07) is 25.4.